The first-order chi connectivity index (χ1) is 16.5. The number of fused-ring (bicyclic) bond motifs is 1. The zero-order valence-electron chi connectivity index (χ0n) is 18.6. The third-order valence-corrected chi connectivity index (χ3v) is 7.28. The van der Waals surface area contributed by atoms with E-state index in [1.807, 2.05) is 0 Å². The molecular formula is C23H27Cl2N7O2. The Morgan fingerprint density at radius 2 is 1.76 bits per heavy atom. The molecule has 11 heteroatoms. The van der Waals surface area contributed by atoms with Crippen LogP contribution < -0.4 is 16.4 Å². The number of anilines is 3. The molecule has 180 valence electrons. The van der Waals surface area contributed by atoms with Crippen molar-refractivity contribution >= 4 is 57.9 Å². The Labute approximate surface area is 207 Å². The van der Waals surface area contributed by atoms with Crippen molar-refractivity contribution in [3.05, 3.63) is 34.4 Å². The number of para-hydroxylation sites is 1. The third kappa shape index (κ3) is 4.78. The van der Waals surface area contributed by atoms with Crippen molar-refractivity contribution in [2.45, 2.75) is 50.6 Å². The molecular weight excluding hydrogens is 477 g/mol. The number of benzene rings is 1. The second kappa shape index (κ2) is 9.93. The highest BCUT2D eigenvalue weighted by atomic mass is 35.5. The summed E-state index contributed by atoms with van der Waals surface area (Å²) in [6.45, 7) is 1.46. The molecule has 1 aliphatic heterocycles. The highest BCUT2D eigenvalue weighted by molar-refractivity contribution is 6.39. The zero-order valence-corrected chi connectivity index (χ0v) is 20.1. The van der Waals surface area contributed by atoms with Crippen LogP contribution in [0.4, 0.5) is 17.6 Å². The summed E-state index contributed by atoms with van der Waals surface area (Å²) < 4.78 is 7.54. The fourth-order valence-electron chi connectivity index (χ4n) is 4.77. The van der Waals surface area contributed by atoms with E-state index in [1.165, 1.54) is 0 Å². The van der Waals surface area contributed by atoms with Crippen molar-refractivity contribution < 1.29 is 9.53 Å². The van der Waals surface area contributed by atoms with Crippen LogP contribution in [0.2, 0.25) is 10.0 Å². The summed E-state index contributed by atoms with van der Waals surface area (Å²) in [7, 11) is 0. The number of primary amides is 1. The van der Waals surface area contributed by atoms with Gasteiger partial charge in [-0.1, -0.05) is 29.3 Å². The lowest BCUT2D eigenvalue weighted by Crippen LogP contribution is -2.29. The fraction of sp³-hybridized carbons (Fsp3) is 0.478. The van der Waals surface area contributed by atoms with Crippen LogP contribution in [-0.4, -0.2) is 44.7 Å². The Morgan fingerprint density at radius 1 is 1.06 bits per heavy atom. The molecule has 2 aromatic heterocycles. The van der Waals surface area contributed by atoms with Gasteiger partial charge < -0.3 is 21.1 Å². The first-order valence-electron chi connectivity index (χ1n) is 11.6. The zero-order chi connectivity index (χ0) is 23.7. The molecule has 0 bridgehead atoms. The van der Waals surface area contributed by atoms with Gasteiger partial charge in [-0.05, 0) is 50.7 Å². The van der Waals surface area contributed by atoms with Gasteiger partial charge in [0, 0.05) is 31.2 Å². The first-order valence-corrected chi connectivity index (χ1v) is 12.3. The van der Waals surface area contributed by atoms with E-state index in [0.717, 1.165) is 57.4 Å². The smallest absolute Gasteiger partial charge is 0.224 e. The molecule has 5 rings (SSSR count). The Balaban J connectivity index is 1.52. The van der Waals surface area contributed by atoms with Crippen molar-refractivity contribution in [1.29, 1.82) is 0 Å². The van der Waals surface area contributed by atoms with Gasteiger partial charge >= 0.3 is 0 Å². The van der Waals surface area contributed by atoms with E-state index >= 15 is 0 Å². The second-order valence-electron chi connectivity index (χ2n) is 8.87. The summed E-state index contributed by atoms with van der Waals surface area (Å²) in [6.07, 6.45) is 6.59. The van der Waals surface area contributed by atoms with Gasteiger partial charge in [-0.3, -0.25) is 9.36 Å². The van der Waals surface area contributed by atoms with Crippen LogP contribution >= 0.6 is 23.2 Å². The standard InChI is InChI=1S/C23H27Cl2N7O2/c24-16-2-1-3-17(25)19(16)30-23-29-18-12-27-22(28-14-8-10-34-11-9-14)31-21(18)32(23)15-6-4-13(5-7-15)20(26)33/h1-3,12-15H,4-11H2,(H2,26,33)(H,29,30)(H,27,28,31)/t13-,15-. The van der Waals surface area contributed by atoms with Crippen LogP contribution in [0.1, 0.15) is 44.6 Å². The number of imidazole rings is 1. The van der Waals surface area contributed by atoms with E-state index in [-0.39, 0.29) is 23.9 Å². The van der Waals surface area contributed by atoms with Crippen LogP contribution in [0.3, 0.4) is 0 Å². The van der Waals surface area contributed by atoms with Gasteiger partial charge in [-0.15, -0.1) is 0 Å². The lowest BCUT2D eigenvalue weighted by molar-refractivity contribution is -0.122. The molecule has 0 unspecified atom stereocenters. The number of halogens is 2. The number of carbonyl (C=O) groups is 1. The third-order valence-electron chi connectivity index (χ3n) is 6.65. The molecule has 1 aromatic carbocycles. The topological polar surface area (TPSA) is 120 Å². The minimum Gasteiger partial charge on any atom is -0.381 e. The van der Waals surface area contributed by atoms with E-state index in [0.29, 0.717) is 33.1 Å². The fourth-order valence-corrected chi connectivity index (χ4v) is 5.26. The quantitative estimate of drug-likeness (QED) is 0.446. The maximum absolute atomic E-state index is 11.7. The average Bonchev–Trinajstić information content (AvgIpc) is 3.19. The van der Waals surface area contributed by atoms with E-state index < -0.39 is 0 Å². The van der Waals surface area contributed by atoms with Crippen molar-refractivity contribution in [3.8, 4) is 0 Å². The van der Waals surface area contributed by atoms with Gasteiger partial charge in [0.05, 0.1) is 21.9 Å². The number of ether oxygens (including phenoxy) is 1. The Bertz CT molecular complexity index is 1170. The molecule has 4 N–H and O–H groups in total. The van der Waals surface area contributed by atoms with Gasteiger partial charge in [0.2, 0.25) is 17.8 Å². The van der Waals surface area contributed by atoms with E-state index in [4.69, 9.17) is 43.6 Å². The predicted molar refractivity (Wildman–Crippen MR) is 133 cm³/mol. The normalized spacial score (nSPS) is 21.5. The Morgan fingerprint density at radius 3 is 2.44 bits per heavy atom. The molecule has 9 nitrogen and oxygen atoms in total. The highest BCUT2D eigenvalue weighted by Gasteiger charge is 2.29. The number of hydrogen-bond donors (Lipinski definition) is 3. The number of hydrogen-bond acceptors (Lipinski definition) is 7. The van der Waals surface area contributed by atoms with E-state index in [9.17, 15) is 4.79 Å². The van der Waals surface area contributed by atoms with Crippen LogP contribution in [0.15, 0.2) is 24.4 Å². The number of nitrogens with two attached hydrogens (primary N) is 1. The number of aromatic nitrogens is 4. The first kappa shape index (κ1) is 23.1. The molecule has 1 saturated heterocycles. The van der Waals surface area contributed by atoms with Crippen molar-refractivity contribution in [1.82, 2.24) is 19.5 Å². The van der Waals surface area contributed by atoms with Crippen LogP contribution in [0, 0.1) is 5.92 Å². The molecule has 34 heavy (non-hydrogen) atoms. The largest absolute Gasteiger partial charge is 0.381 e. The molecule has 1 saturated carbocycles. The Kier molecular flexibility index (Phi) is 6.76. The summed E-state index contributed by atoms with van der Waals surface area (Å²) in [4.78, 5) is 25.8. The summed E-state index contributed by atoms with van der Waals surface area (Å²) in [5.41, 5.74) is 7.53. The lowest BCUT2D eigenvalue weighted by Gasteiger charge is -2.29. The Hall–Kier alpha value is -2.62. The van der Waals surface area contributed by atoms with Crippen LogP contribution in [0.5, 0.6) is 0 Å². The van der Waals surface area contributed by atoms with Gasteiger partial charge in [-0.25, -0.2) is 9.97 Å². The van der Waals surface area contributed by atoms with Crippen LogP contribution in [-0.2, 0) is 9.53 Å². The maximum Gasteiger partial charge on any atom is 0.224 e. The molecule has 3 heterocycles. The molecule has 2 aliphatic rings. The average molecular weight is 504 g/mol. The minimum atomic E-state index is -0.236. The van der Waals surface area contributed by atoms with Crippen molar-refractivity contribution in [3.63, 3.8) is 0 Å². The molecule has 1 aliphatic carbocycles. The molecule has 0 spiro atoms. The van der Waals surface area contributed by atoms with Crippen molar-refractivity contribution in [2.75, 3.05) is 23.8 Å². The monoisotopic (exact) mass is 503 g/mol. The number of amides is 1. The number of nitrogens with zero attached hydrogens (tertiary/aromatic N) is 4. The van der Waals surface area contributed by atoms with E-state index in [2.05, 4.69) is 20.2 Å². The lowest BCUT2D eigenvalue weighted by atomic mass is 9.85. The SMILES string of the molecule is NC(=O)[C@H]1CC[C@H](n2c(Nc3c(Cl)cccc3Cl)nc3cnc(NC4CCOCC4)nc32)CC1. The summed E-state index contributed by atoms with van der Waals surface area (Å²) in [5, 5.41) is 7.75. The molecule has 0 atom stereocenters. The predicted octanol–water partition coefficient (Wildman–Crippen LogP) is 4.68. The summed E-state index contributed by atoms with van der Waals surface area (Å²) in [5.74, 6) is 0.819. The summed E-state index contributed by atoms with van der Waals surface area (Å²) >= 11 is 12.8. The van der Waals surface area contributed by atoms with Gasteiger partial charge in [0.15, 0.2) is 5.65 Å². The summed E-state index contributed by atoms with van der Waals surface area (Å²) in [6, 6.07) is 5.71. The highest BCUT2D eigenvalue weighted by Crippen LogP contribution is 2.39. The molecule has 2 fully saturated rings. The molecule has 0 radical (unpaired) electrons. The maximum atomic E-state index is 11.7. The number of nitrogens with one attached hydrogen (secondary N) is 2. The molecule has 1 amide bonds. The van der Waals surface area contributed by atoms with Crippen molar-refractivity contribution in [2.24, 2.45) is 11.7 Å². The van der Waals surface area contributed by atoms with Crippen LogP contribution in [0.25, 0.3) is 11.2 Å². The number of rotatable bonds is 6. The van der Waals surface area contributed by atoms with Gasteiger partial charge in [0.25, 0.3) is 0 Å². The second-order valence-corrected chi connectivity index (χ2v) is 9.68. The van der Waals surface area contributed by atoms with E-state index in [1.54, 1.807) is 24.4 Å². The minimum absolute atomic E-state index is 0.0928. The van der Waals surface area contributed by atoms with Gasteiger partial charge in [-0.2, -0.15) is 4.98 Å². The number of carbonyl (C=O) groups excluding carboxylic acids is 1. The molecule has 3 aromatic rings. The van der Waals surface area contributed by atoms with Gasteiger partial charge in [0.1, 0.15) is 5.52 Å².